The molecule has 112 valence electrons. The first kappa shape index (κ1) is 14.0. The Bertz CT molecular complexity index is 615. The lowest BCUT2D eigenvalue weighted by atomic mass is 10.0. The summed E-state index contributed by atoms with van der Waals surface area (Å²) in [6.07, 6.45) is 2.37. The number of anilines is 2. The zero-order valence-electron chi connectivity index (χ0n) is 13.1. The smallest absolute Gasteiger partial charge is 0.150 e. The van der Waals surface area contributed by atoms with Gasteiger partial charge >= 0.3 is 0 Å². The van der Waals surface area contributed by atoms with Crippen LogP contribution in [0.3, 0.4) is 0 Å². The second-order valence-electron chi connectivity index (χ2n) is 6.16. The zero-order valence-corrected chi connectivity index (χ0v) is 13.1. The summed E-state index contributed by atoms with van der Waals surface area (Å²) in [6.45, 7) is 5.32. The number of hydrogen-bond donors (Lipinski definition) is 1. The average Bonchev–Trinajstić information content (AvgIpc) is 3.04. The van der Waals surface area contributed by atoms with E-state index in [1.54, 1.807) is 0 Å². The quantitative estimate of drug-likeness (QED) is 0.939. The Hall–Kier alpha value is -1.97. The minimum absolute atomic E-state index is 0.350. The van der Waals surface area contributed by atoms with E-state index < -0.39 is 0 Å². The van der Waals surface area contributed by atoms with Crippen molar-refractivity contribution in [2.75, 3.05) is 17.2 Å². The number of benzene rings is 1. The number of nitrogens with zero attached hydrogens (tertiary/aromatic N) is 3. The highest BCUT2D eigenvalue weighted by atomic mass is 15.4. The largest absolute Gasteiger partial charge is 0.394 e. The summed E-state index contributed by atoms with van der Waals surface area (Å²) in [4.78, 5) is 2.42. The molecule has 1 aliphatic heterocycles. The van der Waals surface area contributed by atoms with Crippen LogP contribution in [-0.2, 0) is 7.05 Å². The molecule has 4 nitrogen and oxygen atoms in total. The van der Waals surface area contributed by atoms with Crippen LogP contribution in [0.25, 0.3) is 0 Å². The van der Waals surface area contributed by atoms with E-state index in [2.05, 4.69) is 54.2 Å². The molecular formula is C17H24N4. The molecule has 2 heterocycles. The second kappa shape index (κ2) is 5.43. The molecule has 1 aliphatic rings. The summed E-state index contributed by atoms with van der Waals surface area (Å²) in [5, 5.41) is 4.63. The molecule has 2 aromatic rings. The first-order valence-electron chi connectivity index (χ1n) is 7.73. The summed E-state index contributed by atoms with van der Waals surface area (Å²) in [7, 11) is 2.00. The molecule has 0 spiro atoms. The highest BCUT2D eigenvalue weighted by Crippen LogP contribution is 2.40. The Labute approximate surface area is 126 Å². The minimum Gasteiger partial charge on any atom is -0.394 e. The zero-order chi connectivity index (χ0) is 15.0. The number of nitrogens with two attached hydrogens (primary N) is 1. The van der Waals surface area contributed by atoms with Crippen molar-refractivity contribution in [3.63, 3.8) is 0 Å². The van der Waals surface area contributed by atoms with Crippen LogP contribution in [0.2, 0.25) is 0 Å². The standard InChI is InChI=1S/C17H24N4/c1-12(2)16-15(18)17(20(3)19-16)21-11-7-10-14(21)13-8-5-4-6-9-13/h4-6,8-9,12,14H,7,10-11,18H2,1-3H3. The van der Waals surface area contributed by atoms with Crippen LogP contribution in [0.15, 0.2) is 30.3 Å². The van der Waals surface area contributed by atoms with Gasteiger partial charge in [0, 0.05) is 13.6 Å². The monoisotopic (exact) mass is 284 g/mol. The third-order valence-electron chi connectivity index (χ3n) is 4.34. The number of hydrogen-bond acceptors (Lipinski definition) is 3. The predicted molar refractivity (Wildman–Crippen MR) is 87.5 cm³/mol. The van der Waals surface area contributed by atoms with Crippen molar-refractivity contribution in [2.45, 2.75) is 38.6 Å². The first-order valence-corrected chi connectivity index (χ1v) is 7.73. The molecule has 0 bridgehead atoms. The predicted octanol–water partition coefficient (Wildman–Crippen LogP) is 3.47. The molecule has 0 radical (unpaired) electrons. The second-order valence-corrected chi connectivity index (χ2v) is 6.16. The molecule has 1 unspecified atom stereocenters. The third kappa shape index (κ3) is 2.39. The Morgan fingerprint density at radius 2 is 1.95 bits per heavy atom. The van der Waals surface area contributed by atoms with Crippen LogP contribution in [0.4, 0.5) is 11.5 Å². The van der Waals surface area contributed by atoms with E-state index in [0.29, 0.717) is 12.0 Å². The minimum atomic E-state index is 0.350. The molecule has 0 aliphatic carbocycles. The van der Waals surface area contributed by atoms with Crippen LogP contribution >= 0.6 is 0 Å². The van der Waals surface area contributed by atoms with Crippen molar-refractivity contribution in [2.24, 2.45) is 7.05 Å². The van der Waals surface area contributed by atoms with Crippen molar-refractivity contribution in [3.8, 4) is 0 Å². The van der Waals surface area contributed by atoms with Gasteiger partial charge in [0.15, 0.2) is 5.82 Å². The Morgan fingerprint density at radius 1 is 1.24 bits per heavy atom. The van der Waals surface area contributed by atoms with Crippen LogP contribution in [-0.4, -0.2) is 16.3 Å². The lowest BCUT2D eigenvalue weighted by Crippen LogP contribution is -2.25. The molecule has 1 saturated heterocycles. The van der Waals surface area contributed by atoms with E-state index in [4.69, 9.17) is 5.73 Å². The Balaban J connectivity index is 2.00. The van der Waals surface area contributed by atoms with Crippen molar-refractivity contribution >= 4 is 11.5 Å². The van der Waals surface area contributed by atoms with E-state index in [9.17, 15) is 0 Å². The SMILES string of the molecule is CC(C)c1nn(C)c(N2CCCC2c2ccccc2)c1N. The van der Waals surface area contributed by atoms with Crippen LogP contribution < -0.4 is 10.6 Å². The maximum atomic E-state index is 6.40. The molecule has 4 heteroatoms. The van der Waals surface area contributed by atoms with Gasteiger partial charge in [0.05, 0.1) is 17.4 Å². The normalized spacial score (nSPS) is 18.7. The number of rotatable bonds is 3. The molecule has 21 heavy (non-hydrogen) atoms. The number of aromatic nitrogens is 2. The molecule has 2 N–H and O–H groups in total. The fourth-order valence-corrected chi connectivity index (χ4v) is 3.36. The van der Waals surface area contributed by atoms with Crippen molar-refractivity contribution in [1.29, 1.82) is 0 Å². The third-order valence-corrected chi connectivity index (χ3v) is 4.34. The van der Waals surface area contributed by atoms with Crippen LogP contribution in [0.5, 0.6) is 0 Å². The average molecular weight is 284 g/mol. The molecule has 0 saturated carbocycles. The Morgan fingerprint density at radius 3 is 2.57 bits per heavy atom. The van der Waals surface area contributed by atoms with E-state index in [1.165, 1.54) is 18.4 Å². The Kier molecular flexibility index (Phi) is 3.62. The van der Waals surface area contributed by atoms with Gasteiger partial charge in [0.25, 0.3) is 0 Å². The first-order chi connectivity index (χ1) is 10.1. The van der Waals surface area contributed by atoms with Gasteiger partial charge in [-0.05, 0) is 24.3 Å². The summed E-state index contributed by atoms with van der Waals surface area (Å²) >= 11 is 0. The summed E-state index contributed by atoms with van der Waals surface area (Å²) in [6, 6.07) is 11.1. The topological polar surface area (TPSA) is 47.1 Å². The van der Waals surface area contributed by atoms with Crippen molar-refractivity contribution in [3.05, 3.63) is 41.6 Å². The molecule has 1 fully saturated rings. The summed E-state index contributed by atoms with van der Waals surface area (Å²) < 4.78 is 1.95. The fraction of sp³-hybridized carbons (Fsp3) is 0.471. The van der Waals surface area contributed by atoms with Gasteiger partial charge in [-0.2, -0.15) is 5.10 Å². The van der Waals surface area contributed by atoms with E-state index in [1.807, 2.05) is 11.7 Å². The molecule has 1 aromatic heterocycles. The van der Waals surface area contributed by atoms with Gasteiger partial charge in [-0.3, -0.25) is 4.68 Å². The lowest BCUT2D eigenvalue weighted by Gasteiger charge is -2.27. The van der Waals surface area contributed by atoms with Crippen molar-refractivity contribution in [1.82, 2.24) is 9.78 Å². The van der Waals surface area contributed by atoms with Gasteiger partial charge in [-0.25, -0.2) is 0 Å². The van der Waals surface area contributed by atoms with Gasteiger partial charge < -0.3 is 10.6 Å². The van der Waals surface area contributed by atoms with Gasteiger partial charge in [0.2, 0.25) is 0 Å². The summed E-state index contributed by atoms with van der Waals surface area (Å²) in [5.74, 6) is 1.42. The van der Waals surface area contributed by atoms with E-state index in [-0.39, 0.29) is 0 Å². The van der Waals surface area contributed by atoms with Gasteiger partial charge in [-0.1, -0.05) is 44.2 Å². The maximum Gasteiger partial charge on any atom is 0.150 e. The number of nitrogen functional groups attached to an aromatic ring is 1. The maximum absolute atomic E-state index is 6.40. The van der Waals surface area contributed by atoms with Gasteiger partial charge in [0.1, 0.15) is 0 Å². The highest BCUT2D eigenvalue weighted by Gasteiger charge is 2.31. The van der Waals surface area contributed by atoms with Crippen LogP contribution in [0, 0.1) is 0 Å². The fourth-order valence-electron chi connectivity index (χ4n) is 3.36. The number of aryl methyl sites for hydroxylation is 1. The van der Waals surface area contributed by atoms with Crippen molar-refractivity contribution < 1.29 is 0 Å². The van der Waals surface area contributed by atoms with Crippen LogP contribution in [0.1, 0.15) is 49.9 Å². The molecule has 1 aromatic carbocycles. The molecule has 1 atom stereocenters. The molecule has 0 amide bonds. The summed E-state index contributed by atoms with van der Waals surface area (Å²) in [5.41, 5.74) is 9.61. The highest BCUT2D eigenvalue weighted by molar-refractivity contribution is 5.68. The molecule has 3 rings (SSSR count). The van der Waals surface area contributed by atoms with E-state index >= 15 is 0 Å². The van der Waals surface area contributed by atoms with Gasteiger partial charge in [-0.15, -0.1) is 0 Å². The van der Waals surface area contributed by atoms with E-state index in [0.717, 1.165) is 23.7 Å². The lowest BCUT2D eigenvalue weighted by molar-refractivity contribution is 0.661. The molecular weight excluding hydrogens is 260 g/mol.